The van der Waals surface area contributed by atoms with Crippen LogP contribution in [0.1, 0.15) is 0 Å². The van der Waals surface area contributed by atoms with E-state index >= 15 is 0 Å². The smallest absolute Gasteiger partial charge is 0.441 e. The van der Waals surface area contributed by atoms with E-state index in [2.05, 4.69) is 31.2 Å². The summed E-state index contributed by atoms with van der Waals surface area (Å²) < 4.78 is 41.0. The van der Waals surface area contributed by atoms with Gasteiger partial charge >= 0.3 is 5.51 Å². The largest absolute Gasteiger partial charge is 0.480 e. The molecule has 0 amide bonds. The Hall–Kier alpha value is -0.700. The van der Waals surface area contributed by atoms with Gasteiger partial charge in [0.15, 0.2) is 0 Å². The molecule has 0 aliphatic rings. The number of ether oxygens (including phenoxy) is 1. The van der Waals surface area contributed by atoms with E-state index in [0.29, 0.717) is 10.4 Å². The highest BCUT2D eigenvalue weighted by molar-refractivity contribution is 9.10. The van der Waals surface area contributed by atoms with E-state index in [1.165, 1.54) is 13.3 Å². The lowest BCUT2D eigenvalue weighted by Crippen LogP contribution is -2.11. The maximum atomic E-state index is 11.8. The van der Waals surface area contributed by atoms with Crippen molar-refractivity contribution < 1.29 is 17.9 Å². The Morgan fingerprint density at radius 2 is 2.24 bits per heavy atom. The number of anilines is 1. The molecule has 4 nitrogen and oxygen atoms in total. The van der Waals surface area contributed by atoms with E-state index in [4.69, 9.17) is 4.74 Å². The third-order valence-electron chi connectivity index (χ3n) is 1.56. The number of nitrogens with zero attached hydrogens (tertiary/aromatic N) is 2. The predicted octanol–water partition coefficient (Wildman–Crippen LogP) is 2.91. The third kappa shape index (κ3) is 5.44. The van der Waals surface area contributed by atoms with Gasteiger partial charge < -0.3 is 10.1 Å². The minimum absolute atomic E-state index is 0.0926. The molecule has 0 spiro atoms. The van der Waals surface area contributed by atoms with Crippen molar-refractivity contribution in [2.45, 2.75) is 5.51 Å². The topological polar surface area (TPSA) is 47.0 Å². The molecule has 0 saturated carbocycles. The summed E-state index contributed by atoms with van der Waals surface area (Å²) in [5.41, 5.74) is -4.21. The Balaban J connectivity index is 2.42. The summed E-state index contributed by atoms with van der Waals surface area (Å²) in [6.45, 7) is 0.120. The molecular weight excluding hydrogens is 323 g/mol. The number of hydrogen-bond donors (Lipinski definition) is 1. The molecule has 0 aromatic carbocycles. The molecule has 1 rings (SSSR count). The van der Waals surface area contributed by atoms with Crippen LogP contribution in [0.5, 0.6) is 5.88 Å². The van der Waals surface area contributed by atoms with Crippen LogP contribution < -0.4 is 10.1 Å². The van der Waals surface area contributed by atoms with Gasteiger partial charge in [0.1, 0.15) is 0 Å². The monoisotopic (exact) mass is 331 g/mol. The zero-order valence-electron chi connectivity index (χ0n) is 8.71. The molecule has 0 saturated heterocycles. The van der Waals surface area contributed by atoms with Crippen LogP contribution in [-0.2, 0) is 0 Å². The van der Waals surface area contributed by atoms with Crippen LogP contribution in [-0.4, -0.2) is 34.9 Å². The van der Waals surface area contributed by atoms with Gasteiger partial charge in [-0.1, -0.05) is 0 Å². The zero-order chi connectivity index (χ0) is 12.9. The van der Waals surface area contributed by atoms with Gasteiger partial charge in [-0.3, -0.25) is 0 Å². The second-order valence-corrected chi connectivity index (χ2v) is 4.79. The van der Waals surface area contributed by atoms with Gasteiger partial charge in [-0.25, -0.2) is 4.98 Å². The van der Waals surface area contributed by atoms with Crippen LogP contribution >= 0.6 is 27.7 Å². The lowest BCUT2D eigenvalue weighted by atomic mass is 10.6. The molecule has 1 aromatic rings. The van der Waals surface area contributed by atoms with Crippen molar-refractivity contribution in [3.8, 4) is 5.88 Å². The lowest BCUT2D eigenvalue weighted by molar-refractivity contribution is -0.0327. The molecular formula is C8H9BrF3N3OS. The number of rotatable bonds is 5. The summed E-state index contributed by atoms with van der Waals surface area (Å²) in [7, 11) is 1.44. The molecule has 0 unspecified atom stereocenters. The van der Waals surface area contributed by atoms with Gasteiger partial charge in [-0.2, -0.15) is 18.2 Å². The maximum Gasteiger partial charge on any atom is 0.441 e. The summed E-state index contributed by atoms with van der Waals surface area (Å²) >= 11 is 3.08. The van der Waals surface area contributed by atoms with Crippen LogP contribution in [0.2, 0.25) is 0 Å². The van der Waals surface area contributed by atoms with Gasteiger partial charge in [0, 0.05) is 12.3 Å². The van der Waals surface area contributed by atoms with Crippen molar-refractivity contribution in [2.75, 3.05) is 24.7 Å². The van der Waals surface area contributed by atoms with Gasteiger partial charge in [-0.05, 0) is 27.7 Å². The van der Waals surface area contributed by atoms with E-state index in [0.717, 1.165) is 0 Å². The fraction of sp³-hybridized carbons (Fsp3) is 0.500. The number of nitrogens with one attached hydrogen (secondary N) is 1. The minimum Gasteiger partial charge on any atom is -0.480 e. The average Bonchev–Trinajstić information content (AvgIpc) is 2.25. The number of aromatic nitrogens is 2. The third-order valence-corrected chi connectivity index (χ3v) is 2.84. The standard InChI is InChI=1S/C8H9BrF3N3OS/c1-16-6-5(9)4-14-7(15-6)13-2-3-17-8(10,11)12/h4H,2-3H2,1H3,(H,13,14,15). The highest BCUT2D eigenvalue weighted by Crippen LogP contribution is 2.29. The fourth-order valence-corrected chi connectivity index (χ4v) is 1.70. The molecule has 0 aliphatic heterocycles. The number of methoxy groups -OCH3 is 1. The quantitative estimate of drug-likeness (QED) is 0.840. The van der Waals surface area contributed by atoms with Crippen molar-refractivity contribution in [1.29, 1.82) is 0 Å². The summed E-state index contributed by atoms with van der Waals surface area (Å²) in [6, 6.07) is 0. The minimum atomic E-state index is -4.21. The van der Waals surface area contributed by atoms with Gasteiger partial charge in [0.05, 0.1) is 17.8 Å². The molecule has 0 aliphatic carbocycles. The highest BCUT2D eigenvalue weighted by Gasteiger charge is 2.27. The fourth-order valence-electron chi connectivity index (χ4n) is 0.909. The van der Waals surface area contributed by atoms with Crippen LogP contribution in [0.15, 0.2) is 10.7 Å². The Bertz CT molecular complexity index is 378. The summed E-state index contributed by atoms with van der Waals surface area (Å²) in [5, 5.41) is 2.68. The van der Waals surface area contributed by atoms with Crippen molar-refractivity contribution in [3.05, 3.63) is 10.7 Å². The van der Waals surface area contributed by atoms with Crippen LogP contribution in [0.3, 0.4) is 0 Å². The molecule has 1 heterocycles. The van der Waals surface area contributed by atoms with E-state index < -0.39 is 5.51 Å². The molecule has 96 valence electrons. The second-order valence-electron chi connectivity index (χ2n) is 2.77. The first-order valence-electron chi connectivity index (χ1n) is 4.43. The lowest BCUT2D eigenvalue weighted by Gasteiger charge is -2.08. The van der Waals surface area contributed by atoms with E-state index in [1.807, 2.05) is 0 Å². The van der Waals surface area contributed by atoms with Crippen molar-refractivity contribution in [1.82, 2.24) is 9.97 Å². The second kappa shape index (κ2) is 6.29. The number of thioether (sulfide) groups is 1. The van der Waals surface area contributed by atoms with Crippen LogP contribution in [0.25, 0.3) is 0 Å². The normalized spacial score (nSPS) is 11.4. The Morgan fingerprint density at radius 3 is 2.82 bits per heavy atom. The first-order chi connectivity index (χ1) is 7.92. The van der Waals surface area contributed by atoms with Crippen molar-refractivity contribution >= 4 is 33.6 Å². The first-order valence-corrected chi connectivity index (χ1v) is 6.21. The molecule has 9 heteroatoms. The first kappa shape index (κ1) is 14.4. The summed E-state index contributed by atoms with van der Waals surface area (Å²) in [6.07, 6.45) is 1.46. The zero-order valence-corrected chi connectivity index (χ0v) is 11.1. The number of alkyl halides is 3. The van der Waals surface area contributed by atoms with E-state index in [-0.39, 0.29) is 30.0 Å². The molecule has 0 radical (unpaired) electrons. The maximum absolute atomic E-state index is 11.8. The van der Waals surface area contributed by atoms with Crippen molar-refractivity contribution in [3.63, 3.8) is 0 Å². The predicted molar refractivity (Wildman–Crippen MR) is 63.3 cm³/mol. The van der Waals surface area contributed by atoms with Crippen LogP contribution in [0, 0.1) is 0 Å². The Morgan fingerprint density at radius 1 is 1.53 bits per heavy atom. The molecule has 0 bridgehead atoms. The summed E-state index contributed by atoms with van der Waals surface area (Å²) in [5.74, 6) is 0.449. The van der Waals surface area contributed by atoms with E-state index in [1.54, 1.807) is 0 Å². The molecule has 1 N–H and O–H groups in total. The molecule has 0 atom stereocenters. The van der Waals surface area contributed by atoms with Crippen molar-refractivity contribution in [2.24, 2.45) is 0 Å². The average molecular weight is 332 g/mol. The Labute approximate surface area is 108 Å². The van der Waals surface area contributed by atoms with Gasteiger partial charge in [-0.15, -0.1) is 0 Å². The number of hydrogen-bond acceptors (Lipinski definition) is 5. The molecule has 17 heavy (non-hydrogen) atoms. The SMILES string of the molecule is COc1nc(NCCSC(F)(F)F)ncc1Br. The van der Waals surface area contributed by atoms with Gasteiger partial charge in [0.2, 0.25) is 11.8 Å². The number of halogens is 4. The molecule has 0 fully saturated rings. The Kier molecular flexibility index (Phi) is 5.31. The molecule has 1 aromatic heterocycles. The summed E-state index contributed by atoms with van der Waals surface area (Å²) in [4.78, 5) is 7.82. The van der Waals surface area contributed by atoms with E-state index in [9.17, 15) is 13.2 Å². The van der Waals surface area contributed by atoms with Gasteiger partial charge in [0.25, 0.3) is 0 Å². The van der Waals surface area contributed by atoms with Crippen LogP contribution in [0.4, 0.5) is 19.1 Å². The highest BCUT2D eigenvalue weighted by atomic mass is 79.9.